The predicted octanol–water partition coefficient (Wildman–Crippen LogP) is 1.83. The smallest absolute Gasteiger partial charge is 0.211 e. The molecule has 2 rings (SSSR count). The standard InChI is InChI=1S/C11H14ClNO2S/c1-2-16(14,15)13-11-9-6-4-3-5-8(9)7-10(11)12/h3-6,10-11,13H,2,7H2,1H3. The number of halogens is 1. The largest absolute Gasteiger partial charge is 0.212 e. The Balaban J connectivity index is 2.30. The van der Waals surface area contributed by atoms with Crippen molar-refractivity contribution in [3.8, 4) is 0 Å². The van der Waals surface area contributed by atoms with Gasteiger partial charge < -0.3 is 0 Å². The average molecular weight is 260 g/mol. The highest BCUT2D eigenvalue weighted by molar-refractivity contribution is 7.89. The van der Waals surface area contributed by atoms with Crippen molar-refractivity contribution in [1.82, 2.24) is 4.72 Å². The quantitative estimate of drug-likeness (QED) is 0.842. The Kier molecular flexibility index (Phi) is 3.24. The van der Waals surface area contributed by atoms with Crippen molar-refractivity contribution >= 4 is 21.6 Å². The molecule has 0 fully saturated rings. The molecule has 0 aromatic heterocycles. The van der Waals surface area contributed by atoms with Gasteiger partial charge in [0.1, 0.15) is 0 Å². The summed E-state index contributed by atoms with van der Waals surface area (Å²) in [6.07, 6.45) is 0.717. The Morgan fingerprint density at radius 1 is 1.44 bits per heavy atom. The summed E-state index contributed by atoms with van der Waals surface area (Å²) in [6.45, 7) is 1.62. The molecule has 0 saturated heterocycles. The monoisotopic (exact) mass is 259 g/mol. The van der Waals surface area contributed by atoms with E-state index in [4.69, 9.17) is 11.6 Å². The highest BCUT2D eigenvalue weighted by atomic mass is 35.5. The molecule has 1 aliphatic carbocycles. The van der Waals surface area contributed by atoms with Crippen LogP contribution in [0.4, 0.5) is 0 Å². The maximum absolute atomic E-state index is 11.5. The van der Waals surface area contributed by atoms with Crippen molar-refractivity contribution in [1.29, 1.82) is 0 Å². The summed E-state index contributed by atoms with van der Waals surface area (Å²) in [6, 6.07) is 7.48. The third kappa shape index (κ3) is 2.24. The first-order valence-electron chi connectivity index (χ1n) is 5.25. The first kappa shape index (κ1) is 11.9. The Morgan fingerprint density at radius 2 is 2.12 bits per heavy atom. The number of fused-ring (bicyclic) bond motifs is 1. The van der Waals surface area contributed by atoms with Crippen LogP contribution in [0.25, 0.3) is 0 Å². The number of nitrogens with one attached hydrogen (secondary N) is 1. The lowest BCUT2D eigenvalue weighted by Gasteiger charge is -2.16. The SMILES string of the molecule is CCS(=O)(=O)NC1c2ccccc2CC1Cl. The molecule has 1 aromatic carbocycles. The van der Waals surface area contributed by atoms with E-state index < -0.39 is 10.0 Å². The Labute approximate surface area is 101 Å². The fourth-order valence-electron chi connectivity index (χ4n) is 1.96. The molecule has 0 spiro atoms. The highest BCUT2D eigenvalue weighted by Crippen LogP contribution is 2.35. The molecule has 88 valence electrons. The fraction of sp³-hybridized carbons (Fsp3) is 0.455. The number of rotatable bonds is 3. The van der Waals surface area contributed by atoms with E-state index >= 15 is 0 Å². The number of hydrogen-bond acceptors (Lipinski definition) is 2. The molecule has 1 N–H and O–H groups in total. The second-order valence-corrected chi connectivity index (χ2v) is 6.52. The third-order valence-electron chi connectivity index (χ3n) is 2.85. The molecule has 0 saturated carbocycles. The van der Waals surface area contributed by atoms with Crippen LogP contribution in [0.15, 0.2) is 24.3 Å². The van der Waals surface area contributed by atoms with Crippen LogP contribution >= 0.6 is 11.6 Å². The van der Waals surface area contributed by atoms with Crippen LogP contribution in [0.3, 0.4) is 0 Å². The van der Waals surface area contributed by atoms with E-state index in [0.29, 0.717) is 6.42 Å². The topological polar surface area (TPSA) is 46.2 Å². The van der Waals surface area contributed by atoms with Gasteiger partial charge in [-0.15, -0.1) is 11.6 Å². The van der Waals surface area contributed by atoms with Crippen LogP contribution in [0.1, 0.15) is 24.1 Å². The number of sulfonamides is 1. The molecule has 2 unspecified atom stereocenters. The number of alkyl halides is 1. The molecular weight excluding hydrogens is 246 g/mol. The third-order valence-corrected chi connectivity index (χ3v) is 4.63. The minimum atomic E-state index is -3.21. The summed E-state index contributed by atoms with van der Waals surface area (Å²) >= 11 is 6.18. The molecule has 5 heteroatoms. The lowest BCUT2D eigenvalue weighted by molar-refractivity contribution is 0.557. The van der Waals surface area contributed by atoms with Gasteiger partial charge in [0.2, 0.25) is 10.0 Å². The molecule has 2 atom stereocenters. The summed E-state index contributed by atoms with van der Waals surface area (Å²) in [4.78, 5) is 0. The van der Waals surface area contributed by atoms with Gasteiger partial charge in [-0.2, -0.15) is 0 Å². The van der Waals surface area contributed by atoms with E-state index in [-0.39, 0.29) is 17.2 Å². The van der Waals surface area contributed by atoms with Crippen molar-refractivity contribution < 1.29 is 8.42 Å². The molecule has 1 aliphatic rings. The van der Waals surface area contributed by atoms with Gasteiger partial charge in [0.25, 0.3) is 0 Å². The van der Waals surface area contributed by atoms with Crippen molar-refractivity contribution in [3.63, 3.8) is 0 Å². The fourth-order valence-corrected chi connectivity index (χ4v) is 3.24. The zero-order chi connectivity index (χ0) is 11.8. The molecule has 0 radical (unpaired) electrons. The second-order valence-electron chi connectivity index (χ2n) is 3.92. The molecule has 0 bridgehead atoms. The zero-order valence-corrected chi connectivity index (χ0v) is 10.6. The first-order valence-corrected chi connectivity index (χ1v) is 7.34. The Morgan fingerprint density at radius 3 is 2.81 bits per heavy atom. The van der Waals surface area contributed by atoms with Gasteiger partial charge in [-0.3, -0.25) is 0 Å². The van der Waals surface area contributed by atoms with Gasteiger partial charge in [0, 0.05) is 0 Å². The maximum Gasteiger partial charge on any atom is 0.211 e. The lowest BCUT2D eigenvalue weighted by atomic mass is 10.1. The number of hydrogen-bond donors (Lipinski definition) is 1. The van der Waals surface area contributed by atoms with Crippen molar-refractivity contribution in [3.05, 3.63) is 35.4 Å². The van der Waals surface area contributed by atoms with Crippen molar-refractivity contribution in [2.75, 3.05) is 5.75 Å². The lowest BCUT2D eigenvalue weighted by Crippen LogP contribution is -2.32. The maximum atomic E-state index is 11.5. The van der Waals surface area contributed by atoms with Gasteiger partial charge in [0.15, 0.2) is 0 Å². The van der Waals surface area contributed by atoms with Crippen LogP contribution in [-0.2, 0) is 16.4 Å². The summed E-state index contributed by atoms with van der Waals surface area (Å²) in [7, 11) is -3.21. The minimum absolute atomic E-state index is 0.0786. The van der Waals surface area contributed by atoms with Crippen LogP contribution in [0, 0.1) is 0 Å². The zero-order valence-electron chi connectivity index (χ0n) is 8.98. The van der Waals surface area contributed by atoms with Crippen LogP contribution < -0.4 is 4.72 Å². The molecule has 0 amide bonds. The average Bonchev–Trinajstić information content (AvgIpc) is 2.56. The predicted molar refractivity (Wildman–Crippen MR) is 65.1 cm³/mol. The molecule has 1 aromatic rings. The van der Waals surface area contributed by atoms with Gasteiger partial charge in [-0.05, 0) is 24.5 Å². The van der Waals surface area contributed by atoms with Gasteiger partial charge in [-0.1, -0.05) is 24.3 Å². The summed E-state index contributed by atoms with van der Waals surface area (Å²) in [5.74, 6) is 0.0786. The Bertz CT molecular complexity index is 487. The highest BCUT2D eigenvalue weighted by Gasteiger charge is 2.33. The van der Waals surface area contributed by atoms with E-state index in [1.807, 2.05) is 24.3 Å². The minimum Gasteiger partial charge on any atom is -0.212 e. The van der Waals surface area contributed by atoms with Crippen molar-refractivity contribution in [2.24, 2.45) is 0 Å². The molecular formula is C11H14ClNO2S. The molecule has 0 aliphatic heterocycles. The molecule has 0 heterocycles. The van der Waals surface area contributed by atoms with E-state index in [9.17, 15) is 8.42 Å². The summed E-state index contributed by atoms with van der Waals surface area (Å²) < 4.78 is 25.7. The molecule has 3 nitrogen and oxygen atoms in total. The number of benzene rings is 1. The van der Waals surface area contributed by atoms with E-state index in [0.717, 1.165) is 11.1 Å². The second kappa shape index (κ2) is 4.35. The summed E-state index contributed by atoms with van der Waals surface area (Å²) in [5, 5.41) is -0.196. The van der Waals surface area contributed by atoms with E-state index in [2.05, 4.69) is 4.72 Å². The van der Waals surface area contributed by atoms with E-state index in [1.54, 1.807) is 6.92 Å². The van der Waals surface area contributed by atoms with Crippen LogP contribution in [-0.4, -0.2) is 19.5 Å². The van der Waals surface area contributed by atoms with Crippen LogP contribution in [0.5, 0.6) is 0 Å². The summed E-state index contributed by atoms with van der Waals surface area (Å²) in [5.41, 5.74) is 2.13. The van der Waals surface area contributed by atoms with Gasteiger partial charge >= 0.3 is 0 Å². The van der Waals surface area contributed by atoms with Gasteiger partial charge in [0.05, 0.1) is 17.2 Å². The van der Waals surface area contributed by atoms with Crippen LogP contribution in [0.2, 0.25) is 0 Å². The van der Waals surface area contributed by atoms with Crippen molar-refractivity contribution in [2.45, 2.75) is 24.8 Å². The van der Waals surface area contributed by atoms with Gasteiger partial charge in [-0.25, -0.2) is 13.1 Å². The molecule has 16 heavy (non-hydrogen) atoms. The van der Waals surface area contributed by atoms with E-state index in [1.165, 1.54) is 0 Å². The first-order chi connectivity index (χ1) is 7.53. The normalized spacial score (nSPS) is 24.4. The Hall–Kier alpha value is -0.580.